The van der Waals surface area contributed by atoms with Crippen molar-refractivity contribution in [2.24, 2.45) is 0 Å². The minimum atomic E-state index is 0.173. The molecule has 66 valence electrons. The molecule has 0 fully saturated rings. The Morgan fingerprint density at radius 1 is 1.50 bits per heavy atom. The van der Waals surface area contributed by atoms with Crippen LogP contribution in [0.5, 0.6) is 0 Å². The second kappa shape index (κ2) is 4.07. The highest BCUT2D eigenvalue weighted by Crippen LogP contribution is 2.14. The van der Waals surface area contributed by atoms with Gasteiger partial charge >= 0.3 is 0 Å². The van der Waals surface area contributed by atoms with E-state index in [1.165, 1.54) is 0 Å². The predicted octanol–water partition coefficient (Wildman–Crippen LogP) is 0.682. The summed E-state index contributed by atoms with van der Waals surface area (Å²) in [4.78, 5) is 6.16. The Hall–Kier alpha value is -1.09. The minimum Gasteiger partial charge on any atom is -0.396 e. The lowest BCUT2D eigenvalue weighted by atomic mass is 10.2. The van der Waals surface area contributed by atoms with Crippen LogP contribution in [-0.4, -0.2) is 30.8 Å². The smallest absolute Gasteiger partial charge is 0.131 e. The van der Waals surface area contributed by atoms with E-state index >= 15 is 0 Å². The van der Waals surface area contributed by atoms with Crippen molar-refractivity contribution in [1.29, 1.82) is 0 Å². The van der Waals surface area contributed by atoms with E-state index in [2.05, 4.69) is 4.98 Å². The Labute approximate surface area is 72.7 Å². The average Bonchev–Trinajstić information content (AvgIpc) is 2.05. The third kappa shape index (κ3) is 1.95. The molecule has 3 nitrogen and oxygen atoms in total. The first-order valence-electron chi connectivity index (χ1n) is 3.97. The van der Waals surface area contributed by atoms with Crippen molar-refractivity contribution in [3.63, 3.8) is 0 Å². The van der Waals surface area contributed by atoms with E-state index < -0.39 is 0 Å². The van der Waals surface area contributed by atoms with Crippen LogP contribution in [0.3, 0.4) is 0 Å². The van der Waals surface area contributed by atoms with Gasteiger partial charge in [-0.2, -0.15) is 0 Å². The summed E-state index contributed by atoms with van der Waals surface area (Å²) in [6.07, 6.45) is 2.43. The normalized spacial score (nSPS) is 9.92. The highest BCUT2D eigenvalue weighted by Gasteiger charge is 2.03. The highest BCUT2D eigenvalue weighted by molar-refractivity contribution is 5.45. The lowest BCUT2D eigenvalue weighted by Crippen LogP contribution is -2.13. The van der Waals surface area contributed by atoms with Crippen molar-refractivity contribution < 1.29 is 5.11 Å². The molecule has 0 radical (unpaired) electrons. The van der Waals surface area contributed by atoms with Gasteiger partial charge in [0.2, 0.25) is 0 Å². The molecule has 0 spiro atoms. The predicted molar refractivity (Wildman–Crippen MR) is 49.4 cm³/mol. The van der Waals surface area contributed by atoms with Gasteiger partial charge in [0.15, 0.2) is 0 Å². The molecule has 0 aliphatic rings. The fourth-order valence-electron chi connectivity index (χ4n) is 1.15. The van der Waals surface area contributed by atoms with Gasteiger partial charge < -0.3 is 10.0 Å². The first-order chi connectivity index (χ1) is 5.75. The number of nitrogens with zero attached hydrogens (tertiary/aromatic N) is 2. The molecule has 0 unspecified atom stereocenters. The van der Waals surface area contributed by atoms with Crippen LogP contribution >= 0.6 is 0 Å². The van der Waals surface area contributed by atoms with Gasteiger partial charge in [0.1, 0.15) is 5.82 Å². The zero-order valence-corrected chi connectivity index (χ0v) is 7.49. The van der Waals surface area contributed by atoms with E-state index in [0.717, 1.165) is 11.4 Å². The molecule has 0 atom stereocenters. The summed E-state index contributed by atoms with van der Waals surface area (Å²) in [7, 11) is 3.90. The minimum absolute atomic E-state index is 0.173. The molecular formula is C9H14N2O. The van der Waals surface area contributed by atoms with Crippen molar-refractivity contribution >= 4 is 5.82 Å². The molecule has 12 heavy (non-hydrogen) atoms. The van der Waals surface area contributed by atoms with E-state index in [1.807, 2.05) is 31.1 Å². The summed E-state index contributed by atoms with van der Waals surface area (Å²) in [5, 5.41) is 8.78. The summed E-state index contributed by atoms with van der Waals surface area (Å²) in [6, 6.07) is 3.87. The number of aliphatic hydroxyl groups excluding tert-OH is 1. The first kappa shape index (κ1) is 9.00. The number of rotatable bonds is 3. The van der Waals surface area contributed by atoms with E-state index in [0.29, 0.717) is 6.42 Å². The van der Waals surface area contributed by atoms with Gasteiger partial charge in [-0.15, -0.1) is 0 Å². The molecule has 1 N–H and O–H groups in total. The van der Waals surface area contributed by atoms with E-state index in [1.54, 1.807) is 6.20 Å². The number of hydrogen-bond donors (Lipinski definition) is 1. The molecule has 0 aliphatic heterocycles. The number of aliphatic hydroxyl groups is 1. The second-order valence-electron chi connectivity index (χ2n) is 2.85. The molecule has 0 bridgehead atoms. The van der Waals surface area contributed by atoms with E-state index in [9.17, 15) is 0 Å². The van der Waals surface area contributed by atoms with Crippen molar-refractivity contribution in [3.8, 4) is 0 Å². The van der Waals surface area contributed by atoms with Crippen LogP contribution in [0.4, 0.5) is 5.82 Å². The first-order valence-corrected chi connectivity index (χ1v) is 3.97. The molecule has 0 aromatic carbocycles. The zero-order chi connectivity index (χ0) is 8.97. The summed E-state index contributed by atoms with van der Waals surface area (Å²) in [6.45, 7) is 0.173. The highest BCUT2D eigenvalue weighted by atomic mass is 16.2. The standard InChI is InChI=1S/C9H14N2O/c1-11(2)9-8(5-7-12)4-3-6-10-9/h3-4,6,12H,5,7H2,1-2H3. The van der Waals surface area contributed by atoms with Crippen molar-refractivity contribution in [1.82, 2.24) is 4.98 Å². The quantitative estimate of drug-likeness (QED) is 0.717. The molecule has 0 saturated heterocycles. The van der Waals surface area contributed by atoms with Crippen LogP contribution in [0.15, 0.2) is 18.3 Å². The van der Waals surface area contributed by atoms with Crippen LogP contribution in [0.25, 0.3) is 0 Å². The van der Waals surface area contributed by atoms with Gasteiger partial charge in [0.25, 0.3) is 0 Å². The summed E-state index contributed by atoms with van der Waals surface area (Å²) in [5.41, 5.74) is 1.09. The molecule has 3 heteroatoms. The zero-order valence-electron chi connectivity index (χ0n) is 7.49. The van der Waals surface area contributed by atoms with E-state index in [4.69, 9.17) is 5.11 Å². The van der Waals surface area contributed by atoms with Crippen LogP contribution in [0.2, 0.25) is 0 Å². The molecule has 0 amide bonds. The van der Waals surface area contributed by atoms with Gasteiger partial charge in [-0.3, -0.25) is 0 Å². The average molecular weight is 166 g/mol. The van der Waals surface area contributed by atoms with Gasteiger partial charge in [-0.25, -0.2) is 4.98 Å². The molecule has 1 rings (SSSR count). The van der Waals surface area contributed by atoms with Crippen LogP contribution in [-0.2, 0) is 6.42 Å². The second-order valence-corrected chi connectivity index (χ2v) is 2.85. The largest absolute Gasteiger partial charge is 0.396 e. The lowest BCUT2D eigenvalue weighted by molar-refractivity contribution is 0.299. The van der Waals surface area contributed by atoms with Crippen molar-refractivity contribution in [3.05, 3.63) is 23.9 Å². The van der Waals surface area contributed by atoms with Gasteiger partial charge in [0, 0.05) is 26.9 Å². The Balaban J connectivity index is 2.92. The monoisotopic (exact) mass is 166 g/mol. The molecule has 0 saturated carbocycles. The van der Waals surface area contributed by atoms with E-state index in [-0.39, 0.29) is 6.61 Å². The molecule has 1 heterocycles. The van der Waals surface area contributed by atoms with Crippen LogP contribution in [0, 0.1) is 0 Å². The number of pyridine rings is 1. The third-order valence-corrected chi connectivity index (χ3v) is 1.67. The number of hydrogen-bond acceptors (Lipinski definition) is 3. The Bertz CT molecular complexity index is 248. The summed E-state index contributed by atoms with van der Waals surface area (Å²) >= 11 is 0. The maximum absolute atomic E-state index is 8.78. The third-order valence-electron chi connectivity index (χ3n) is 1.67. The fourth-order valence-corrected chi connectivity index (χ4v) is 1.15. The maximum Gasteiger partial charge on any atom is 0.131 e. The Morgan fingerprint density at radius 3 is 2.83 bits per heavy atom. The molecule has 1 aromatic rings. The van der Waals surface area contributed by atoms with Crippen LogP contribution in [0.1, 0.15) is 5.56 Å². The fraction of sp³-hybridized carbons (Fsp3) is 0.444. The topological polar surface area (TPSA) is 36.4 Å². The molecule has 0 aliphatic carbocycles. The van der Waals surface area contributed by atoms with Gasteiger partial charge in [-0.05, 0) is 18.1 Å². The maximum atomic E-state index is 8.78. The number of aromatic nitrogens is 1. The van der Waals surface area contributed by atoms with Crippen LogP contribution < -0.4 is 4.90 Å². The Morgan fingerprint density at radius 2 is 2.25 bits per heavy atom. The van der Waals surface area contributed by atoms with Crippen molar-refractivity contribution in [2.45, 2.75) is 6.42 Å². The SMILES string of the molecule is CN(C)c1ncccc1CCO. The van der Waals surface area contributed by atoms with Gasteiger partial charge in [-0.1, -0.05) is 6.07 Å². The lowest BCUT2D eigenvalue weighted by Gasteiger charge is -2.14. The molecular weight excluding hydrogens is 152 g/mol. The Kier molecular flexibility index (Phi) is 3.05. The van der Waals surface area contributed by atoms with Gasteiger partial charge in [0.05, 0.1) is 0 Å². The summed E-state index contributed by atoms with van der Waals surface area (Å²) < 4.78 is 0. The molecule has 1 aromatic heterocycles. The van der Waals surface area contributed by atoms with Crippen molar-refractivity contribution in [2.75, 3.05) is 25.6 Å². The number of anilines is 1. The summed E-state index contributed by atoms with van der Waals surface area (Å²) in [5.74, 6) is 0.937.